The number of hydrogen-bond donors (Lipinski definition) is 0. The second kappa shape index (κ2) is 8.21. The van der Waals surface area contributed by atoms with Crippen LogP contribution in [-0.4, -0.2) is 4.98 Å². The van der Waals surface area contributed by atoms with Crippen LogP contribution in [0.4, 0.5) is 13.2 Å². The van der Waals surface area contributed by atoms with E-state index in [1.807, 2.05) is 15.3 Å². The molecule has 0 radical (unpaired) electrons. The Morgan fingerprint density at radius 2 is 1.77 bits per heavy atom. The third-order valence-electron chi connectivity index (χ3n) is 4.67. The number of rotatable bonds is 6. The molecule has 0 aliphatic rings. The highest BCUT2D eigenvalue weighted by molar-refractivity contribution is 7.18. The van der Waals surface area contributed by atoms with Gasteiger partial charge in [-0.15, -0.1) is 4.91 Å². The van der Waals surface area contributed by atoms with Gasteiger partial charge in [0.2, 0.25) is 0 Å². The number of aromatic nitrogens is 1. The van der Waals surface area contributed by atoms with Crippen molar-refractivity contribution < 1.29 is 17.9 Å². The highest BCUT2D eigenvalue weighted by Crippen LogP contribution is 2.51. The van der Waals surface area contributed by atoms with Gasteiger partial charge in [-0.25, -0.2) is 13.2 Å². The average molecular weight is 429 g/mol. The first-order valence-corrected chi connectivity index (χ1v) is 9.21. The normalized spacial score (nSPS) is 14.8. The van der Waals surface area contributed by atoms with Crippen molar-refractivity contribution in [1.82, 2.24) is 4.98 Å². The van der Waals surface area contributed by atoms with Gasteiger partial charge in [0.15, 0.2) is 10.9 Å². The number of halogens is 3. The molecule has 3 rings (SSSR count). The molecule has 0 N–H and O–H groups in total. The summed E-state index contributed by atoms with van der Waals surface area (Å²) in [4.78, 5) is 15.6. The topological polar surface area (TPSA) is 75.3 Å². The molecule has 0 saturated heterocycles. The van der Waals surface area contributed by atoms with E-state index in [0.29, 0.717) is 17.4 Å². The lowest BCUT2D eigenvalue weighted by atomic mass is 9.85. The number of nitriles is 1. The van der Waals surface area contributed by atoms with E-state index in [1.54, 1.807) is 24.3 Å². The standard InChI is InChI=1S/C21H15F3N3O2P/c1-20(27-28,17-8-4-14(22)10-18(17)23)21(24,30)19-9-7-16(12-26-19)29-15-5-2-13(11-25)3-6-15/h2-10,12H,30H2,1H3. The number of nitrogens with zero attached hydrogens (tertiary/aromatic N) is 3. The SMILES string of the molecule is CC(N=O)(c1ccc(F)cc1F)C(F)(P)c1ccc(Oc2ccc(C#N)cc2)cn1. The second-order valence-corrected chi connectivity index (χ2v) is 7.41. The molecule has 5 nitrogen and oxygen atoms in total. The molecule has 9 heteroatoms. The minimum absolute atomic E-state index is 0.217. The number of alkyl halides is 1. The zero-order chi connectivity index (χ0) is 21.9. The molecular weight excluding hydrogens is 414 g/mol. The summed E-state index contributed by atoms with van der Waals surface area (Å²) >= 11 is 0. The van der Waals surface area contributed by atoms with Crippen molar-refractivity contribution in [2.24, 2.45) is 5.18 Å². The van der Waals surface area contributed by atoms with Gasteiger partial charge in [-0.2, -0.15) is 5.26 Å². The molecule has 2 aromatic carbocycles. The van der Waals surface area contributed by atoms with Gasteiger partial charge in [-0.05, 0) is 49.4 Å². The molecular formula is C21H15F3N3O2P. The second-order valence-electron chi connectivity index (χ2n) is 6.62. The lowest BCUT2D eigenvalue weighted by Gasteiger charge is -2.34. The highest BCUT2D eigenvalue weighted by atomic mass is 31.0. The van der Waals surface area contributed by atoms with E-state index in [4.69, 9.17) is 10.00 Å². The van der Waals surface area contributed by atoms with E-state index in [2.05, 4.69) is 10.2 Å². The van der Waals surface area contributed by atoms with Crippen molar-refractivity contribution in [3.8, 4) is 17.6 Å². The Hall–Kier alpha value is -3.30. The molecule has 0 spiro atoms. The lowest BCUT2D eigenvalue weighted by Crippen LogP contribution is -2.39. The van der Waals surface area contributed by atoms with Crippen molar-refractivity contribution in [3.05, 3.63) is 94.2 Å². The van der Waals surface area contributed by atoms with Gasteiger partial charge in [0, 0.05) is 11.6 Å². The van der Waals surface area contributed by atoms with Crippen LogP contribution in [0.25, 0.3) is 0 Å². The summed E-state index contributed by atoms with van der Waals surface area (Å²) in [6, 6.07) is 13.5. The average Bonchev–Trinajstić information content (AvgIpc) is 2.74. The number of pyridine rings is 1. The van der Waals surface area contributed by atoms with Crippen molar-refractivity contribution in [1.29, 1.82) is 5.26 Å². The van der Waals surface area contributed by atoms with Crippen molar-refractivity contribution in [2.75, 3.05) is 0 Å². The predicted octanol–water partition coefficient (Wildman–Crippen LogP) is 5.70. The predicted molar refractivity (Wildman–Crippen MR) is 107 cm³/mol. The van der Waals surface area contributed by atoms with E-state index in [-0.39, 0.29) is 11.4 Å². The lowest BCUT2D eigenvalue weighted by molar-refractivity contribution is 0.156. The molecule has 0 amide bonds. The maximum Gasteiger partial charge on any atom is 0.197 e. The Kier molecular flexibility index (Phi) is 5.86. The fraction of sp³-hybridized carbons (Fsp3) is 0.143. The van der Waals surface area contributed by atoms with Gasteiger partial charge in [0.25, 0.3) is 0 Å². The van der Waals surface area contributed by atoms with Crippen LogP contribution in [0.3, 0.4) is 0 Å². The molecule has 152 valence electrons. The summed E-state index contributed by atoms with van der Waals surface area (Å²) in [6.07, 6.45) is 1.23. The van der Waals surface area contributed by atoms with E-state index < -0.39 is 28.1 Å². The van der Waals surface area contributed by atoms with Crippen LogP contribution in [0.15, 0.2) is 66.0 Å². The zero-order valence-corrected chi connectivity index (χ0v) is 16.8. The smallest absolute Gasteiger partial charge is 0.197 e. The minimum Gasteiger partial charge on any atom is -0.456 e. The molecule has 0 saturated carbocycles. The van der Waals surface area contributed by atoms with E-state index in [1.165, 1.54) is 18.3 Å². The molecule has 3 atom stereocenters. The maximum atomic E-state index is 15.8. The summed E-state index contributed by atoms with van der Waals surface area (Å²) in [6.45, 7) is 1.10. The first-order valence-electron chi connectivity index (χ1n) is 8.63. The van der Waals surface area contributed by atoms with Gasteiger partial charge in [0.1, 0.15) is 23.1 Å². The molecule has 3 unspecified atom stereocenters. The Morgan fingerprint density at radius 1 is 1.10 bits per heavy atom. The van der Waals surface area contributed by atoms with Crippen LogP contribution < -0.4 is 4.74 Å². The monoisotopic (exact) mass is 429 g/mol. The maximum absolute atomic E-state index is 15.8. The molecule has 0 bridgehead atoms. The summed E-state index contributed by atoms with van der Waals surface area (Å²) in [7, 11) is 1.84. The zero-order valence-electron chi connectivity index (χ0n) is 15.6. The van der Waals surface area contributed by atoms with Crippen LogP contribution in [0.5, 0.6) is 11.5 Å². The molecule has 0 aliphatic carbocycles. The quantitative estimate of drug-likeness (QED) is 0.372. The third kappa shape index (κ3) is 3.89. The first kappa shape index (κ1) is 21.4. The third-order valence-corrected chi connectivity index (χ3v) is 5.53. The van der Waals surface area contributed by atoms with Crippen molar-refractivity contribution in [3.63, 3.8) is 0 Å². The Labute approximate surface area is 172 Å². The van der Waals surface area contributed by atoms with Gasteiger partial charge < -0.3 is 4.74 Å². The van der Waals surface area contributed by atoms with E-state index >= 15 is 4.39 Å². The largest absolute Gasteiger partial charge is 0.456 e. The Balaban J connectivity index is 1.90. The highest BCUT2D eigenvalue weighted by Gasteiger charge is 2.52. The van der Waals surface area contributed by atoms with E-state index in [9.17, 15) is 13.7 Å². The van der Waals surface area contributed by atoms with Crippen LogP contribution in [0.1, 0.15) is 23.7 Å². The summed E-state index contributed by atoms with van der Waals surface area (Å²) in [5.41, 5.74) is -2.39. The molecule has 30 heavy (non-hydrogen) atoms. The summed E-state index contributed by atoms with van der Waals surface area (Å²) in [5.74, 6) is -1.24. The first-order chi connectivity index (χ1) is 14.2. The van der Waals surface area contributed by atoms with Crippen LogP contribution in [-0.2, 0) is 10.9 Å². The van der Waals surface area contributed by atoms with Gasteiger partial charge in [-0.1, -0.05) is 20.5 Å². The number of hydrogen-bond acceptors (Lipinski definition) is 5. The van der Waals surface area contributed by atoms with Crippen LogP contribution >= 0.6 is 9.24 Å². The van der Waals surface area contributed by atoms with E-state index in [0.717, 1.165) is 19.1 Å². The Morgan fingerprint density at radius 3 is 2.30 bits per heavy atom. The Bertz CT molecular complexity index is 1120. The minimum atomic E-state index is -2.60. The molecule has 0 aliphatic heterocycles. The molecule has 1 heterocycles. The van der Waals surface area contributed by atoms with Crippen molar-refractivity contribution >= 4 is 9.24 Å². The van der Waals surface area contributed by atoms with Crippen molar-refractivity contribution in [2.45, 2.75) is 17.9 Å². The fourth-order valence-corrected chi connectivity index (χ4v) is 3.21. The molecule has 0 fully saturated rings. The number of nitroso groups, excluding NO2 is 1. The van der Waals surface area contributed by atoms with Gasteiger partial charge in [-0.3, -0.25) is 4.98 Å². The van der Waals surface area contributed by atoms with Crippen LogP contribution in [0.2, 0.25) is 0 Å². The van der Waals surface area contributed by atoms with Crippen LogP contribution in [0, 0.1) is 27.9 Å². The number of benzene rings is 2. The molecule has 1 aromatic heterocycles. The van der Waals surface area contributed by atoms with Gasteiger partial charge in [0.05, 0.1) is 23.5 Å². The van der Waals surface area contributed by atoms with Gasteiger partial charge >= 0.3 is 0 Å². The molecule has 3 aromatic rings. The summed E-state index contributed by atoms with van der Waals surface area (Å²) in [5, 5.41) is 9.05. The number of ether oxygens (including phenoxy) is 1. The summed E-state index contributed by atoms with van der Waals surface area (Å²) < 4.78 is 48.8. The fourth-order valence-electron chi connectivity index (χ4n) is 2.83.